The van der Waals surface area contributed by atoms with E-state index in [0.29, 0.717) is 18.5 Å². The molecule has 0 fully saturated rings. The molecule has 0 amide bonds. The molecule has 1 aromatic heterocycles. The summed E-state index contributed by atoms with van der Waals surface area (Å²) in [7, 11) is 0. The van der Waals surface area contributed by atoms with Gasteiger partial charge in [0.1, 0.15) is 11.5 Å². The molecule has 16 heavy (non-hydrogen) atoms. The molecular formula is C12H11FN2O. The summed E-state index contributed by atoms with van der Waals surface area (Å²) in [6, 6.07) is 7.83. The van der Waals surface area contributed by atoms with E-state index in [4.69, 9.17) is 0 Å². The first-order chi connectivity index (χ1) is 7.74. The SMILES string of the molecule is CCn1nc(C=O)cc1-c1ccc(F)cc1. The highest BCUT2D eigenvalue weighted by Gasteiger charge is 2.08. The Morgan fingerprint density at radius 2 is 2.06 bits per heavy atom. The topological polar surface area (TPSA) is 34.9 Å². The number of carbonyl (C=O) groups excluding carboxylic acids is 1. The quantitative estimate of drug-likeness (QED) is 0.742. The highest BCUT2D eigenvalue weighted by atomic mass is 19.1. The van der Waals surface area contributed by atoms with Gasteiger partial charge in [-0.3, -0.25) is 9.48 Å². The molecule has 1 heterocycles. The number of hydrogen-bond donors (Lipinski definition) is 0. The number of benzene rings is 1. The van der Waals surface area contributed by atoms with E-state index in [9.17, 15) is 9.18 Å². The molecule has 0 aliphatic carbocycles. The largest absolute Gasteiger partial charge is 0.296 e. The zero-order valence-corrected chi connectivity index (χ0v) is 8.85. The Morgan fingerprint density at radius 3 is 2.62 bits per heavy atom. The summed E-state index contributed by atoms with van der Waals surface area (Å²) in [5, 5.41) is 4.10. The highest BCUT2D eigenvalue weighted by molar-refractivity contribution is 5.75. The third kappa shape index (κ3) is 1.86. The van der Waals surface area contributed by atoms with Crippen molar-refractivity contribution in [1.29, 1.82) is 0 Å². The van der Waals surface area contributed by atoms with Crippen molar-refractivity contribution in [3.8, 4) is 11.3 Å². The van der Waals surface area contributed by atoms with Crippen LogP contribution in [0.15, 0.2) is 30.3 Å². The number of halogens is 1. The number of aldehydes is 1. The third-order valence-corrected chi connectivity index (χ3v) is 2.36. The van der Waals surface area contributed by atoms with Gasteiger partial charge >= 0.3 is 0 Å². The smallest absolute Gasteiger partial charge is 0.170 e. The summed E-state index contributed by atoms with van der Waals surface area (Å²) in [5.41, 5.74) is 2.06. The van der Waals surface area contributed by atoms with Crippen LogP contribution in [0.4, 0.5) is 4.39 Å². The molecule has 0 unspecified atom stereocenters. The van der Waals surface area contributed by atoms with Crippen LogP contribution in [0.3, 0.4) is 0 Å². The number of aromatic nitrogens is 2. The van der Waals surface area contributed by atoms with Gasteiger partial charge in [-0.25, -0.2) is 4.39 Å². The van der Waals surface area contributed by atoms with Gasteiger partial charge in [0.05, 0.1) is 5.69 Å². The molecule has 0 aliphatic rings. The van der Waals surface area contributed by atoms with Crippen molar-refractivity contribution < 1.29 is 9.18 Å². The summed E-state index contributed by atoms with van der Waals surface area (Å²) >= 11 is 0. The first kappa shape index (κ1) is 10.5. The molecule has 2 aromatic rings. The van der Waals surface area contributed by atoms with Gasteiger partial charge in [-0.05, 0) is 37.3 Å². The Balaban J connectivity index is 2.49. The number of aryl methyl sites for hydroxylation is 1. The molecule has 0 N–H and O–H groups in total. The summed E-state index contributed by atoms with van der Waals surface area (Å²) in [5.74, 6) is -0.276. The van der Waals surface area contributed by atoms with E-state index in [0.717, 1.165) is 11.3 Å². The predicted octanol–water partition coefficient (Wildman–Crippen LogP) is 2.52. The van der Waals surface area contributed by atoms with E-state index < -0.39 is 0 Å². The fourth-order valence-electron chi connectivity index (χ4n) is 1.59. The van der Waals surface area contributed by atoms with Crippen LogP contribution >= 0.6 is 0 Å². The van der Waals surface area contributed by atoms with Crippen LogP contribution in [0.25, 0.3) is 11.3 Å². The van der Waals surface area contributed by atoms with Crippen LogP contribution in [0.2, 0.25) is 0 Å². The lowest BCUT2D eigenvalue weighted by atomic mass is 10.1. The number of carbonyl (C=O) groups is 1. The fraction of sp³-hybridized carbons (Fsp3) is 0.167. The minimum atomic E-state index is -0.276. The van der Waals surface area contributed by atoms with Crippen LogP contribution in [-0.2, 0) is 6.54 Å². The van der Waals surface area contributed by atoms with Gasteiger partial charge in [-0.1, -0.05) is 0 Å². The molecule has 0 saturated carbocycles. The van der Waals surface area contributed by atoms with Gasteiger partial charge in [-0.15, -0.1) is 0 Å². The predicted molar refractivity (Wildman–Crippen MR) is 58.7 cm³/mol. The summed E-state index contributed by atoms with van der Waals surface area (Å²) in [6.45, 7) is 2.61. The minimum Gasteiger partial charge on any atom is -0.296 e. The maximum Gasteiger partial charge on any atom is 0.170 e. The van der Waals surface area contributed by atoms with Gasteiger partial charge in [0.2, 0.25) is 0 Å². The van der Waals surface area contributed by atoms with Gasteiger partial charge in [-0.2, -0.15) is 5.10 Å². The molecule has 2 rings (SSSR count). The molecule has 82 valence electrons. The first-order valence-electron chi connectivity index (χ1n) is 5.03. The van der Waals surface area contributed by atoms with Crippen molar-refractivity contribution in [2.45, 2.75) is 13.5 Å². The second kappa shape index (κ2) is 4.26. The molecule has 0 bridgehead atoms. The zero-order chi connectivity index (χ0) is 11.5. The molecule has 4 heteroatoms. The minimum absolute atomic E-state index is 0.276. The van der Waals surface area contributed by atoms with E-state index in [2.05, 4.69) is 5.10 Å². The molecule has 0 atom stereocenters. The highest BCUT2D eigenvalue weighted by Crippen LogP contribution is 2.20. The van der Waals surface area contributed by atoms with Crippen LogP contribution in [0.1, 0.15) is 17.4 Å². The lowest BCUT2D eigenvalue weighted by Gasteiger charge is -2.03. The first-order valence-corrected chi connectivity index (χ1v) is 5.03. The lowest BCUT2D eigenvalue weighted by Crippen LogP contribution is -1.99. The monoisotopic (exact) mass is 218 g/mol. The second-order valence-electron chi connectivity index (χ2n) is 3.39. The average molecular weight is 218 g/mol. The number of nitrogens with zero attached hydrogens (tertiary/aromatic N) is 2. The average Bonchev–Trinajstić information content (AvgIpc) is 2.73. The van der Waals surface area contributed by atoms with Crippen molar-refractivity contribution in [3.05, 3.63) is 41.8 Å². The van der Waals surface area contributed by atoms with Gasteiger partial charge in [0, 0.05) is 12.1 Å². The maximum absolute atomic E-state index is 12.8. The lowest BCUT2D eigenvalue weighted by molar-refractivity contribution is 0.111. The van der Waals surface area contributed by atoms with Crippen molar-refractivity contribution in [1.82, 2.24) is 9.78 Å². The van der Waals surface area contributed by atoms with Gasteiger partial charge in [0.15, 0.2) is 6.29 Å². The molecule has 0 spiro atoms. The fourth-order valence-corrected chi connectivity index (χ4v) is 1.59. The van der Waals surface area contributed by atoms with E-state index in [-0.39, 0.29) is 5.82 Å². The van der Waals surface area contributed by atoms with Crippen LogP contribution in [0.5, 0.6) is 0 Å². The van der Waals surface area contributed by atoms with E-state index in [1.807, 2.05) is 6.92 Å². The molecule has 0 aliphatic heterocycles. The Hall–Kier alpha value is -1.97. The van der Waals surface area contributed by atoms with Gasteiger partial charge < -0.3 is 0 Å². The Labute approximate surface area is 92.5 Å². The molecule has 3 nitrogen and oxygen atoms in total. The second-order valence-corrected chi connectivity index (χ2v) is 3.39. The van der Waals surface area contributed by atoms with Crippen LogP contribution < -0.4 is 0 Å². The van der Waals surface area contributed by atoms with Crippen molar-refractivity contribution >= 4 is 6.29 Å². The van der Waals surface area contributed by atoms with E-state index in [1.54, 1.807) is 22.9 Å². The number of rotatable bonds is 3. The normalized spacial score (nSPS) is 10.4. The molecular weight excluding hydrogens is 207 g/mol. The summed E-state index contributed by atoms with van der Waals surface area (Å²) in [4.78, 5) is 10.6. The summed E-state index contributed by atoms with van der Waals surface area (Å²) < 4.78 is 14.5. The van der Waals surface area contributed by atoms with E-state index >= 15 is 0 Å². The summed E-state index contributed by atoms with van der Waals surface area (Å²) in [6.07, 6.45) is 0.708. The number of hydrogen-bond acceptors (Lipinski definition) is 2. The maximum atomic E-state index is 12.8. The molecule has 0 radical (unpaired) electrons. The van der Waals surface area contributed by atoms with Gasteiger partial charge in [0.25, 0.3) is 0 Å². The Morgan fingerprint density at radius 1 is 1.38 bits per heavy atom. The molecule has 0 saturated heterocycles. The van der Waals surface area contributed by atoms with Crippen LogP contribution in [-0.4, -0.2) is 16.1 Å². The third-order valence-electron chi connectivity index (χ3n) is 2.36. The zero-order valence-electron chi connectivity index (χ0n) is 8.85. The Bertz CT molecular complexity index is 502. The van der Waals surface area contributed by atoms with Crippen molar-refractivity contribution in [2.75, 3.05) is 0 Å². The van der Waals surface area contributed by atoms with Crippen molar-refractivity contribution in [3.63, 3.8) is 0 Å². The Kier molecular flexibility index (Phi) is 2.81. The van der Waals surface area contributed by atoms with Crippen LogP contribution in [0, 0.1) is 5.82 Å². The van der Waals surface area contributed by atoms with Crippen molar-refractivity contribution in [2.24, 2.45) is 0 Å². The standard InChI is InChI=1S/C12H11FN2O/c1-2-15-12(7-11(8-16)14-15)9-3-5-10(13)6-4-9/h3-8H,2H2,1H3. The molecule has 1 aromatic carbocycles. The van der Waals surface area contributed by atoms with E-state index in [1.165, 1.54) is 12.1 Å².